The summed E-state index contributed by atoms with van der Waals surface area (Å²) < 4.78 is 6.19. The summed E-state index contributed by atoms with van der Waals surface area (Å²) in [6, 6.07) is 0. The van der Waals surface area contributed by atoms with Crippen molar-refractivity contribution in [3.8, 4) is 11.8 Å². The summed E-state index contributed by atoms with van der Waals surface area (Å²) in [5, 5.41) is 0.288. The first-order valence-electron chi connectivity index (χ1n) is 8.45. The first-order valence-corrected chi connectivity index (χ1v) is 11.4. The summed E-state index contributed by atoms with van der Waals surface area (Å²) >= 11 is 0. The summed E-state index contributed by atoms with van der Waals surface area (Å²) in [7, 11) is -1.61. The van der Waals surface area contributed by atoms with Crippen LogP contribution in [-0.2, 0) is 4.43 Å². The molecule has 0 saturated heterocycles. The van der Waals surface area contributed by atoms with Crippen LogP contribution in [0.15, 0.2) is 23.3 Å². The fraction of sp³-hybridized carbons (Fsp3) is 0.700. The van der Waals surface area contributed by atoms with Crippen LogP contribution >= 0.6 is 0 Å². The molecule has 0 heterocycles. The quantitative estimate of drug-likeness (QED) is 0.282. The van der Waals surface area contributed by atoms with Crippen LogP contribution in [0.3, 0.4) is 0 Å². The Hall–Kier alpha value is -0.783. The molecule has 22 heavy (non-hydrogen) atoms. The summed E-state index contributed by atoms with van der Waals surface area (Å²) in [5.74, 6) is 6.06. The normalized spacial score (nSPS) is 13.8. The van der Waals surface area contributed by atoms with Gasteiger partial charge in [0.1, 0.15) is 0 Å². The topological polar surface area (TPSA) is 9.23 Å². The van der Waals surface area contributed by atoms with Crippen molar-refractivity contribution in [2.24, 2.45) is 0 Å². The molecule has 0 saturated carbocycles. The van der Waals surface area contributed by atoms with Crippen LogP contribution in [0.4, 0.5) is 0 Å². The molecule has 0 unspecified atom stereocenters. The lowest BCUT2D eigenvalue weighted by molar-refractivity contribution is 0.327. The van der Waals surface area contributed by atoms with Gasteiger partial charge in [0.05, 0.1) is 6.61 Å². The molecule has 0 aromatic heterocycles. The standard InChI is InChI=1S/C20H36OSi/c1-9-10-11-13-18(2)14-12-15-19(3)16-17-21-22(7,8)20(4,5)6/h14,16H,11-13,15,17H2,1-8H3/b18-14+,19-16+. The minimum absolute atomic E-state index is 0.288. The molecule has 0 radical (unpaired) electrons. The zero-order valence-corrected chi connectivity index (χ0v) is 17.1. The smallest absolute Gasteiger partial charge is 0.192 e. The molecule has 126 valence electrons. The maximum atomic E-state index is 6.19. The largest absolute Gasteiger partial charge is 0.413 e. The third-order valence-electron chi connectivity index (χ3n) is 4.53. The van der Waals surface area contributed by atoms with Gasteiger partial charge in [-0.2, -0.15) is 0 Å². The van der Waals surface area contributed by atoms with Crippen molar-refractivity contribution in [2.45, 2.75) is 85.4 Å². The molecule has 0 rings (SSSR count). The summed E-state index contributed by atoms with van der Waals surface area (Å²) in [6.07, 6.45) is 8.92. The minimum Gasteiger partial charge on any atom is -0.413 e. The molecule has 0 fully saturated rings. The van der Waals surface area contributed by atoms with Crippen LogP contribution in [0, 0.1) is 11.8 Å². The Morgan fingerprint density at radius 3 is 2.18 bits per heavy atom. The maximum Gasteiger partial charge on any atom is 0.192 e. The van der Waals surface area contributed by atoms with Gasteiger partial charge in [0, 0.05) is 6.42 Å². The average molecular weight is 321 g/mol. The van der Waals surface area contributed by atoms with Gasteiger partial charge in [-0.15, -0.1) is 11.8 Å². The van der Waals surface area contributed by atoms with Crippen LogP contribution in [0.1, 0.15) is 67.2 Å². The lowest BCUT2D eigenvalue weighted by atomic mass is 10.1. The van der Waals surface area contributed by atoms with Crippen LogP contribution in [0.2, 0.25) is 18.1 Å². The van der Waals surface area contributed by atoms with Crippen LogP contribution in [0.25, 0.3) is 0 Å². The highest BCUT2D eigenvalue weighted by molar-refractivity contribution is 6.74. The van der Waals surface area contributed by atoms with Crippen molar-refractivity contribution in [1.82, 2.24) is 0 Å². The van der Waals surface area contributed by atoms with E-state index in [0.717, 1.165) is 32.3 Å². The molecule has 0 atom stereocenters. The molecule has 0 amide bonds. The van der Waals surface area contributed by atoms with Gasteiger partial charge in [0.25, 0.3) is 0 Å². The van der Waals surface area contributed by atoms with Gasteiger partial charge in [-0.3, -0.25) is 0 Å². The molecule has 0 N–H and O–H groups in total. The molecule has 0 spiro atoms. The second kappa shape index (κ2) is 10.1. The molecule has 0 aromatic rings. The van der Waals surface area contributed by atoms with E-state index in [2.05, 4.69) is 71.7 Å². The van der Waals surface area contributed by atoms with Crippen molar-refractivity contribution < 1.29 is 4.43 Å². The van der Waals surface area contributed by atoms with Gasteiger partial charge in [-0.1, -0.05) is 44.1 Å². The Morgan fingerprint density at radius 1 is 1.05 bits per heavy atom. The number of hydrogen-bond donors (Lipinski definition) is 0. The Morgan fingerprint density at radius 2 is 1.64 bits per heavy atom. The molecule has 0 aliphatic rings. The van der Waals surface area contributed by atoms with Crippen molar-refractivity contribution >= 4 is 8.32 Å². The van der Waals surface area contributed by atoms with Gasteiger partial charge in [0.2, 0.25) is 0 Å². The van der Waals surface area contributed by atoms with Crippen LogP contribution in [0.5, 0.6) is 0 Å². The fourth-order valence-corrected chi connectivity index (χ4v) is 2.68. The average Bonchev–Trinajstić information content (AvgIpc) is 2.37. The molecular formula is C20H36OSi. The third-order valence-corrected chi connectivity index (χ3v) is 9.04. The van der Waals surface area contributed by atoms with Gasteiger partial charge in [-0.05, 0) is 58.2 Å². The Labute approximate surface area is 140 Å². The minimum atomic E-state index is -1.61. The predicted octanol–water partition coefficient (Wildman–Crippen LogP) is 6.48. The van der Waals surface area contributed by atoms with E-state index in [9.17, 15) is 0 Å². The summed E-state index contributed by atoms with van der Waals surface area (Å²) in [4.78, 5) is 0. The number of rotatable bonds is 8. The Balaban J connectivity index is 4.14. The molecule has 0 bridgehead atoms. The lowest BCUT2D eigenvalue weighted by Crippen LogP contribution is -2.40. The monoisotopic (exact) mass is 320 g/mol. The molecule has 0 aliphatic heterocycles. The maximum absolute atomic E-state index is 6.19. The van der Waals surface area contributed by atoms with Crippen molar-refractivity contribution in [2.75, 3.05) is 6.61 Å². The first-order chi connectivity index (χ1) is 10.1. The van der Waals surface area contributed by atoms with Crippen molar-refractivity contribution in [1.29, 1.82) is 0 Å². The molecule has 0 aliphatic carbocycles. The highest BCUT2D eigenvalue weighted by atomic mass is 28.4. The zero-order chi connectivity index (χ0) is 17.2. The van der Waals surface area contributed by atoms with Crippen molar-refractivity contribution in [3.63, 3.8) is 0 Å². The second-order valence-corrected chi connectivity index (χ2v) is 12.4. The van der Waals surface area contributed by atoms with Gasteiger partial charge < -0.3 is 4.43 Å². The van der Waals surface area contributed by atoms with E-state index in [1.807, 2.05) is 6.92 Å². The molecular weight excluding hydrogens is 284 g/mol. The van der Waals surface area contributed by atoms with E-state index in [4.69, 9.17) is 4.43 Å². The third kappa shape index (κ3) is 9.28. The highest BCUT2D eigenvalue weighted by Crippen LogP contribution is 2.36. The Bertz CT molecular complexity index is 439. The van der Waals surface area contributed by atoms with E-state index in [0.29, 0.717) is 0 Å². The zero-order valence-electron chi connectivity index (χ0n) is 16.1. The van der Waals surface area contributed by atoms with Crippen LogP contribution < -0.4 is 0 Å². The molecule has 0 aromatic carbocycles. The number of hydrogen-bond acceptors (Lipinski definition) is 1. The highest BCUT2D eigenvalue weighted by Gasteiger charge is 2.36. The van der Waals surface area contributed by atoms with E-state index < -0.39 is 8.32 Å². The number of allylic oxidation sites excluding steroid dienone is 3. The van der Waals surface area contributed by atoms with E-state index in [-0.39, 0.29) is 5.04 Å². The van der Waals surface area contributed by atoms with E-state index >= 15 is 0 Å². The van der Waals surface area contributed by atoms with E-state index in [1.165, 1.54) is 11.1 Å². The molecule has 2 heteroatoms. The predicted molar refractivity (Wildman–Crippen MR) is 103 cm³/mol. The van der Waals surface area contributed by atoms with Gasteiger partial charge >= 0.3 is 0 Å². The summed E-state index contributed by atoms with van der Waals surface area (Å²) in [6.45, 7) is 18.5. The first kappa shape index (κ1) is 21.2. The summed E-state index contributed by atoms with van der Waals surface area (Å²) in [5.41, 5.74) is 2.88. The van der Waals surface area contributed by atoms with Gasteiger partial charge in [-0.25, -0.2) is 0 Å². The fourth-order valence-electron chi connectivity index (χ4n) is 1.74. The molecule has 1 nitrogen and oxygen atoms in total. The van der Waals surface area contributed by atoms with Crippen molar-refractivity contribution in [3.05, 3.63) is 23.3 Å². The van der Waals surface area contributed by atoms with Crippen LogP contribution in [-0.4, -0.2) is 14.9 Å². The SMILES string of the molecule is CC#CCC/C(C)=C/CC/C(C)=C/CO[Si](C)(C)C(C)(C)C. The Kier molecular flexibility index (Phi) is 9.72. The van der Waals surface area contributed by atoms with Gasteiger partial charge in [0.15, 0.2) is 8.32 Å². The second-order valence-electron chi connectivity index (χ2n) is 7.64. The van der Waals surface area contributed by atoms with E-state index in [1.54, 1.807) is 0 Å². The lowest BCUT2D eigenvalue weighted by Gasteiger charge is -2.35.